The average molecular weight is 400 g/mol. The quantitative estimate of drug-likeness (QED) is 0.318. The van der Waals surface area contributed by atoms with Gasteiger partial charge in [-0.05, 0) is 41.5 Å². The Morgan fingerprint density at radius 1 is 0.833 bits per heavy atom. The molecule has 0 spiro atoms. The van der Waals surface area contributed by atoms with Crippen LogP contribution in [-0.4, -0.2) is 0 Å². The normalized spacial score (nSPS) is 11.2. The summed E-state index contributed by atoms with van der Waals surface area (Å²) in [6, 6.07) is 21.4. The summed E-state index contributed by atoms with van der Waals surface area (Å²) >= 11 is 0. The number of hydrogen-bond acceptors (Lipinski definition) is 2. The summed E-state index contributed by atoms with van der Waals surface area (Å²) in [5.74, 6) is 0.0972. The third kappa shape index (κ3) is 4.06. The van der Waals surface area contributed by atoms with E-state index in [1.807, 2.05) is 30.3 Å². The van der Waals surface area contributed by atoms with Crippen molar-refractivity contribution in [2.75, 3.05) is 0 Å². The largest absolute Gasteiger partial charge is 0.427 e. The monoisotopic (exact) mass is 400 g/mol. The SMILES string of the molecule is CCCCCc1cc2ccc(-c3ccc(-c4ccc(C)cc4)cc3)c(F)c2c(=O)o1. The zero-order chi connectivity index (χ0) is 21.1. The Kier molecular flexibility index (Phi) is 5.80. The van der Waals surface area contributed by atoms with Crippen molar-refractivity contribution in [3.8, 4) is 22.3 Å². The topological polar surface area (TPSA) is 30.2 Å². The number of fused-ring (bicyclic) bond motifs is 1. The summed E-state index contributed by atoms with van der Waals surface area (Å²) in [5, 5.41) is 0.615. The minimum atomic E-state index is -0.602. The van der Waals surface area contributed by atoms with Gasteiger partial charge in [-0.1, -0.05) is 86.0 Å². The molecule has 0 aliphatic carbocycles. The predicted molar refractivity (Wildman–Crippen MR) is 121 cm³/mol. The number of unbranched alkanes of at least 4 members (excludes halogenated alkanes) is 2. The van der Waals surface area contributed by atoms with Gasteiger partial charge in [-0.25, -0.2) is 9.18 Å². The van der Waals surface area contributed by atoms with E-state index in [0.29, 0.717) is 23.1 Å². The van der Waals surface area contributed by atoms with Crippen molar-refractivity contribution >= 4 is 10.8 Å². The number of benzene rings is 3. The molecule has 0 unspecified atom stereocenters. The van der Waals surface area contributed by atoms with Crippen molar-refractivity contribution in [3.05, 3.63) is 94.3 Å². The molecule has 0 bridgehead atoms. The summed E-state index contributed by atoms with van der Waals surface area (Å²) in [7, 11) is 0. The number of halogens is 1. The van der Waals surface area contributed by atoms with Crippen LogP contribution in [0.15, 0.2) is 75.9 Å². The molecule has 152 valence electrons. The van der Waals surface area contributed by atoms with Gasteiger partial charge < -0.3 is 4.42 Å². The molecule has 1 heterocycles. The first-order valence-electron chi connectivity index (χ1n) is 10.5. The zero-order valence-electron chi connectivity index (χ0n) is 17.4. The molecule has 4 rings (SSSR count). The molecule has 0 fully saturated rings. The van der Waals surface area contributed by atoms with E-state index < -0.39 is 11.4 Å². The van der Waals surface area contributed by atoms with E-state index >= 15 is 4.39 Å². The minimum absolute atomic E-state index is 0.0225. The molecule has 0 radical (unpaired) electrons. The van der Waals surface area contributed by atoms with Crippen molar-refractivity contribution in [2.45, 2.75) is 39.5 Å². The van der Waals surface area contributed by atoms with Crippen LogP contribution in [0.25, 0.3) is 33.0 Å². The van der Waals surface area contributed by atoms with Gasteiger partial charge in [0.25, 0.3) is 0 Å². The lowest BCUT2D eigenvalue weighted by Crippen LogP contribution is -2.05. The maximum atomic E-state index is 15.3. The molecule has 4 aromatic rings. The molecule has 3 heteroatoms. The van der Waals surface area contributed by atoms with Crippen molar-refractivity contribution in [1.29, 1.82) is 0 Å². The molecule has 0 aliphatic rings. The van der Waals surface area contributed by atoms with E-state index in [2.05, 4.69) is 38.1 Å². The van der Waals surface area contributed by atoms with Crippen LogP contribution in [0.1, 0.15) is 37.5 Å². The summed E-state index contributed by atoms with van der Waals surface area (Å²) in [6.07, 6.45) is 3.83. The molecular formula is C27H25FO2. The van der Waals surface area contributed by atoms with Gasteiger partial charge in [-0.2, -0.15) is 0 Å². The number of rotatable bonds is 6. The van der Waals surface area contributed by atoms with Crippen molar-refractivity contribution in [3.63, 3.8) is 0 Å². The molecule has 2 nitrogen and oxygen atoms in total. The van der Waals surface area contributed by atoms with Gasteiger partial charge in [0.15, 0.2) is 0 Å². The Labute approximate surface area is 176 Å². The smallest absolute Gasteiger partial charge is 0.346 e. The van der Waals surface area contributed by atoms with Crippen LogP contribution in [-0.2, 0) is 6.42 Å². The third-order valence-electron chi connectivity index (χ3n) is 5.53. The number of hydrogen-bond donors (Lipinski definition) is 0. The highest BCUT2D eigenvalue weighted by molar-refractivity contribution is 5.87. The highest BCUT2D eigenvalue weighted by Gasteiger charge is 2.15. The molecule has 0 N–H and O–H groups in total. The fourth-order valence-electron chi connectivity index (χ4n) is 3.78. The standard InChI is InChI=1S/C27H25FO2/c1-3-4-5-6-23-17-22-15-16-24(26(28)25(22)27(29)30-23)21-13-11-20(12-14-21)19-9-7-18(2)8-10-19/h7-17H,3-6H2,1-2H3. The predicted octanol–water partition coefficient (Wildman–Crippen LogP) is 7.31. The molecule has 30 heavy (non-hydrogen) atoms. The van der Waals surface area contributed by atoms with Gasteiger partial charge >= 0.3 is 5.63 Å². The maximum absolute atomic E-state index is 15.3. The fourth-order valence-corrected chi connectivity index (χ4v) is 3.78. The molecule has 1 aromatic heterocycles. The molecule has 0 atom stereocenters. The second kappa shape index (κ2) is 8.66. The summed E-state index contributed by atoms with van der Waals surface area (Å²) < 4.78 is 20.7. The Balaban J connectivity index is 1.68. The van der Waals surface area contributed by atoms with E-state index in [0.717, 1.165) is 36.0 Å². The number of aryl methyl sites for hydroxylation is 2. The van der Waals surface area contributed by atoms with E-state index in [1.165, 1.54) is 5.56 Å². The average Bonchev–Trinajstić information content (AvgIpc) is 2.75. The van der Waals surface area contributed by atoms with Crippen molar-refractivity contribution in [2.24, 2.45) is 0 Å². The first-order valence-corrected chi connectivity index (χ1v) is 10.5. The molecule has 0 amide bonds. The Bertz CT molecular complexity index is 1220. The first-order chi connectivity index (χ1) is 14.6. The highest BCUT2D eigenvalue weighted by Crippen LogP contribution is 2.30. The van der Waals surface area contributed by atoms with E-state index in [9.17, 15) is 4.79 Å². The van der Waals surface area contributed by atoms with Gasteiger partial charge in [0, 0.05) is 12.0 Å². The minimum Gasteiger partial charge on any atom is -0.427 e. The van der Waals surface area contributed by atoms with Gasteiger partial charge in [0.05, 0.1) is 0 Å². The maximum Gasteiger partial charge on any atom is 0.346 e. The van der Waals surface area contributed by atoms with Gasteiger partial charge in [-0.3, -0.25) is 0 Å². The molecule has 3 aromatic carbocycles. The van der Waals surface area contributed by atoms with Crippen LogP contribution >= 0.6 is 0 Å². The zero-order valence-corrected chi connectivity index (χ0v) is 17.4. The lowest BCUT2D eigenvalue weighted by Gasteiger charge is -2.09. The van der Waals surface area contributed by atoms with Crippen LogP contribution < -0.4 is 5.63 Å². The van der Waals surface area contributed by atoms with Gasteiger partial charge in [0.1, 0.15) is 17.0 Å². The van der Waals surface area contributed by atoms with Crippen LogP contribution in [0.2, 0.25) is 0 Å². The third-order valence-corrected chi connectivity index (χ3v) is 5.53. The second-order valence-corrected chi connectivity index (χ2v) is 7.79. The molecular weight excluding hydrogens is 375 g/mol. The van der Waals surface area contributed by atoms with Crippen LogP contribution in [0.4, 0.5) is 4.39 Å². The Hall–Kier alpha value is -3.20. The molecule has 0 saturated carbocycles. The fraction of sp³-hybridized carbons (Fsp3) is 0.222. The van der Waals surface area contributed by atoms with Gasteiger partial charge in [-0.15, -0.1) is 0 Å². The first kappa shape index (κ1) is 20.1. The van der Waals surface area contributed by atoms with Crippen molar-refractivity contribution < 1.29 is 8.81 Å². The summed E-state index contributed by atoms with van der Waals surface area (Å²) in [5.41, 5.74) is 3.93. The van der Waals surface area contributed by atoms with E-state index in [-0.39, 0.29) is 5.39 Å². The molecule has 0 aliphatic heterocycles. The van der Waals surface area contributed by atoms with Crippen molar-refractivity contribution in [1.82, 2.24) is 0 Å². The van der Waals surface area contributed by atoms with Crippen LogP contribution in [0.3, 0.4) is 0 Å². The molecule has 0 saturated heterocycles. The Morgan fingerprint density at radius 2 is 1.47 bits per heavy atom. The van der Waals surface area contributed by atoms with E-state index in [1.54, 1.807) is 12.1 Å². The van der Waals surface area contributed by atoms with Crippen LogP contribution in [0, 0.1) is 12.7 Å². The van der Waals surface area contributed by atoms with Crippen LogP contribution in [0.5, 0.6) is 0 Å². The second-order valence-electron chi connectivity index (χ2n) is 7.79. The highest BCUT2D eigenvalue weighted by atomic mass is 19.1. The summed E-state index contributed by atoms with van der Waals surface area (Å²) in [6.45, 7) is 4.18. The van der Waals surface area contributed by atoms with Gasteiger partial charge in [0.2, 0.25) is 0 Å². The summed E-state index contributed by atoms with van der Waals surface area (Å²) in [4.78, 5) is 12.5. The lowest BCUT2D eigenvalue weighted by molar-refractivity contribution is 0.455. The van der Waals surface area contributed by atoms with E-state index in [4.69, 9.17) is 4.42 Å². The Morgan fingerprint density at radius 3 is 2.13 bits per heavy atom. The lowest BCUT2D eigenvalue weighted by atomic mass is 9.97.